The van der Waals surface area contributed by atoms with Crippen LogP contribution in [-0.2, 0) is 16.1 Å². The maximum absolute atomic E-state index is 12.2. The van der Waals surface area contributed by atoms with Gasteiger partial charge in [-0.3, -0.25) is 4.79 Å². The molecule has 0 spiro atoms. The van der Waals surface area contributed by atoms with E-state index in [0.717, 1.165) is 5.56 Å². The number of nitrogens with one attached hydrogen (secondary N) is 1. The fourth-order valence-corrected chi connectivity index (χ4v) is 2.32. The SMILES string of the molecule is COc1ccc(CNC(=O)[C@@H](C)OC(=O)c2cccc(C#N)c2)cc1OC. The van der Waals surface area contributed by atoms with Crippen molar-refractivity contribution in [3.05, 3.63) is 59.2 Å². The maximum Gasteiger partial charge on any atom is 0.338 e. The van der Waals surface area contributed by atoms with Gasteiger partial charge in [0, 0.05) is 6.54 Å². The van der Waals surface area contributed by atoms with E-state index in [0.29, 0.717) is 17.1 Å². The Morgan fingerprint density at radius 3 is 2.52 bits per heavy atom. The van der Waals surface area contributed by atoms with Crippen LogP contribution in [0, 0.1) is 11.3 Å². The van der Waals surface area contributed by atoms with Gasteiger partial charge in [0.25, 0.3) is 5.91 Å². The highest BCUT2D eigenvalue weighted by atomic mass is 16.5. The first kappa shape index (κ1) is 19.8. The Bertz CT molecular complexity index is 873. The van der Waals surface area contributed by atoms with Crippen LogP contribution in [0.5, 0.6) is 11.5 Å². The van der Waals surface area contributed by atoms with Gasteiger partial charge in [0.2, 0.25) is 0 Å². The Balaban J connectivity index is 1.93. The average molecular weight is 368 g/mol. The number of hydrogen-bond acceptors (Lipinski definition) is 6. The van der Waals surface area contributed by atoms with Crippen LogP contribution in [0.3, 0.4) is 0 Å². The summed E-state index contributed by atoms with van der Waals surface area (Å²) < 4.78 is 15.6. The summed E-state index contributed by atoms with van der Waals surface area (Å²) in [4.78, 5) is 24.3. The molecule has 0 radical (unpaired) electrons. The van der Waals surface area contributed by atoms with Crippen molar-refractivity contribution in [2.75, 3.05) is 14.2 Å². The summed E-state index contributed by atoms with van der Waals surface area (Å²) >= 11 is 0. The zero-order chi connectivity index (χ0) is 19.8. The van der Waals surface area contributed by atoms with Gasteiger partial charge in [0.15, 0.2) is 17.6 Å². The molecule has 0 aromatic heterocycles. The largest absolute Gasteiger partial charge is 0.493 e. The van der Waals surface area contributed by atoms with Gasteiger partial charge in [-0.25, -0.2) is 4.79 Å². The molecule has 2 rings (SSSR count). The minimum Gasteiger partial charge on any atom is -0.493 e. The Morgan fingerprint density at radius 1 is 1.11 bits per heavy atom. The predicted octanol–water partition coefficient (Wildman–Crippen LogP) is 2.44. The van der Waals surface area contributed by atoms with Crippen molar-refractivity contribution < 1.29 is 23.8 Å². The lowest BCUT2D eigenvalue weighted by atomic mass is 10.1. The van der Waals surface area contributed by atoms with Gasteiger partial charge in [-0.2, -0.15) is 5.26 Å². The van der Waals surface area contributed by atoms with Crippen molar-refractivity contribution >= 4 is 11.9 Å². The number of nitrogens with zero attached hydrogens (tertiary/aromatic N) is 1. The number of hydrogen-bond donors (Lipinski definition) is 1. The number of carbonyl (C=O) groups excluding carboxylic acids is 2. The third-order valence-electron chi connectivity index (χ3n) is 3.80. The number of esters is 1. The van der Waals surface area contributed by atoms with E-state index in [1.54, 1.807) is 37.4 Å². The Labute approximate surface area is 157 Å². The molecule has 0 heterocycles. The molecule has 0 saturated carbocycles. The number of carbonyl (C=O) groups is 2. The second-order valence-corrected chi connectivity index (χ2v) is 5.65. The van der Waals surface area contributed by atoms with E-state index in [1.807, 2.05) is 6.07 Å². The van der Waals surface area contributed by atoms with Crippen LogP contribution in [0.4, 0.5) is 0 Å². The predicted molar refractivity (Wildman–Crippen MR) is 97.4 cm³/mol. The van der Waals surface area contributed by atoms with Crippen molar-refractivity contribution in [2.24, 2.45) is 0 Å². The quantitative estimate of drug-likeness (QED) is 0.754. The highest BCUT2D eigenvalue weighted by Gasteiger charge is 2.19. The first-order valence-electron chi connectivity index (χ1n) is 8.18. The molecule has 0 aliphatic rings. The van der Waals surface area contributed by atoms with Crippen molar-refractivity contribution in [2.45, 2.75) is 19.6 Å². The van der Waals surface area contributed by atoms with Crippen LogP contribution in [0.25, 0.3) is 0 Å². The topological polar surface area (TPSA) is 97.6 Å². The average Bonchev–Trinajstić information content (AvgIpc) is 2.71. The van der Waals surface area contributed by atoms with E-state index in [2.05, 4.69) is 5.32 Å². The maximum atomic E-state index is 12.2. The van der Waals surface area contributed by atoms with E-state index in [1.165, 1.54) is 26.2 Å². The molecule has 2 aromatic carbocycles. The number of nitriles is 1. The number of benzene rings is 2. The van der Waals surface area contributed by atoms with Gasteiger partial charge in [-0.05, 0) is 42.8 Å². The van der Waals surface area contributed by atoms with Crippen molar-refractivity contribution in [3.63, 3.8) is 0 Å². The fourth-order valence-electron chi connectivity index (χ4n) is 2.32. The third-order valence-corrected chi connectivity index (χ3v) is 3.80. The molecule has 0 saturated heterocycles. The molecule has 1 amide bonds. The first-order valence-corrected chi connectivity index (χ1v) is 8.18. The molecular formula is C20H20N2O5. The Morgan fingerprint density at radius 2 is 1.85 bits per heavy atom. The monoisotopic (exact) mass is 368 g/mol. The molecule has 0 aliphatic carbocycles. The van der Waals surface area contributed by atoms with Gasteiger partial charge >= 0.3 is 5.97 Å². The molecule has 0 aliphatic heterocycles. The lowest BCUT2D eigenvalue weighted by Crippen LogP contribution is -2.35. The van der Waals surface area contributed by atoms with Crippen LogP contribution < -0.4 is 14.8 Å². The standard InChI is InChI=1S/C20H20N2O5/c1-13(27-20(24)16-6-4-5-14(9-16)11-21)19(23)22-12-15-7-8-17(25-2)18(10-15)26-3/h4-10,13H,12H2,1-3H3,(H,22,23)/t13-/m1/s1. The van der Waals surface area contributed by atoms with Gasteiger partial charge in [0.1, 0.15) is 0 Å². The van der Waals surface area contributed by atoms with Gasteiger partial charge in [-0.1, -0.05) is 12.1 Å². The number of amides is 1. The summed E-state index contributed by atoms with van der Waals surface area (Å²) in [7, 11) is 3.07. The van der Waals surface area contributed by atoms with Gasteiger partial charge < -0.3 is 19.5 Å². The molecule has 27 heavy (non-hydrogen) atoms. The highest BCUT2D eigenvalue weighted by molar-refractivity contribution is 5.92. The van der Waals surface area contributed by atoms with Crippen LogP contribution >= 0.6 is 0 Å². The van der Waals surface area contributed by atoms with Crippen molar-refractivity contribution in [3.8, 4) is 17.6 Å². The van der Waals surface area contributed by atoms with E-state index in [4.69, 9.17) is 19.5 Å². The van der Waals surface area contributed by atoms with Gasteiger partial charge in [-0.15, -0.1) is 0 Å². The van der Waals surface area contributed by atoms with E-state index in [9.17, 15) is 9.59 Å². The molecule has 140 valence electrons. The summed E-state index contributed by atoms with van der Waals surface area (Å²) in [5.74, 6) is 0.0472. The van der Waals surface area contributed by atoms with E-state index < -0.39 is 18.0 Å². The molecule has 1 atom stereocenters. The van der Waals surface area contributed by atoms with Crippen molar-refractivity contribution in [1.29, 1.82) is 5.26 Å². The molecule has 0 unspecified atom stereocenters. The first-order chi connectivity index (χ1) is 13.0. The summed E-state index contributed by atoms with van der Waals surface area (Å²) in [6.45, 7) is 1.72. The minimum atomic E-state index is -0.983. The van der Waals surface area contributed by atoms with Crippen molar-refractivity contribution in [1.82, 2.24) is 5.32 Å². The normalized spacial score (nSPS) is 11.0. The van der Waals surface area contributed by atoms with Crippen LogP contribution in [0.15, 0.2) is 42.5 Å². The fraction of sp³-hybridized carbons (Fsp3) is 0.250. The zero-order valence-electron chi connectivity index (χ0n) is 15.3. The molecule has 7 heteroatoms. The third kappa shape index (κ3) is 5.22. The molecule has 7 nitrogen and oxygen atoms in total. The Kier molecular flexibility index (Phi) is 6.78. The summed E-state index contributed by atoms with van der Waals surface area (Å²) in [6, 6.07) is 13.3. The lowest BCUT2D eigenvalue weighted by Gasteiger charge is -2.14. The minimum absolute atomic E-state index is 0.216. The highest BCUT2D eigenvalue weighted by Crippen LogP contribution is 2.27. The molecule has 1 N–H and O–H groups in total. The second-order valence-electron chi connectivity index (χ2n) is 5.65. The summed E-state index contributed by atoms with van der Waals surface area (Å²) in [6.07, 6.45) is -0.983. The summed E-state index contributed by atoms with van der Waals surface area (Å²) in [5, 5.41) is 11.6. The van der Waals surface area contributed by atoms with Crippen LogP contribution in [-0.4, -0.2) is 32.2 Å². The smallest absolute Gasteiger partial charge is 0.338 e. The molecular weight excluding hydrogens is 348 g/mol. The van der Waals surface area contributed by atoms with E-state index >= 15 is 0 Å². The van der Waals surface area contributed by atoms with Crippen LogP contribution in [0.2, 0.25) is 0 Å². The number of ether oxygens (including phenoxy) is 3. The van der Waals surface area contributed by atoms with E-state index in [-0.39, 0.29) is 12.1 Å². The van der Waals surface area contributed by atoms with Crippen LogP contribution in [0.1, 0.15) is 28.4 Å². The second kappa shape index (κ2) is 9.25. The molecule has 0 bridgehead atoms. The van der Waals surface area contributed by atoms with Gasteiger partial charge in [0.05, 0.1) is 31.4 Å². The molecule has 2 aromatic rings. The molecule has 0 fully saturated rings. The zero-order valence-corrected chi connectivity index (χ0v) is 15.3. The lowest BCUT2D eigenvalue weighted by molar-refractivity contribution is -0.129. The Hall–Kier alpha value is -3.53. The number of methoxy groups -OCH3 is 2. The number of rotatable bonds is 7. The summed E-state index contributed by atoms with van der Waals surface area (Å²) in [5.41, 5.74) is 1.37.